The van der Waals surface area contributed by atoms with Crippen molar-refractivity contribution in [2.45, 2.75) is 6.92 Å². The van der Waals surface area contributed by atoms with Crippen molar-refractivity contribution in [1.29, 1.82) is 0 Å². The number of aryl methyl sites for hydroxylation is 1. The Morgan fingerprint density at radius 2 is 2.14 bits per heavy atom. The average molecular weight is 418 g/mol. The number of hydrogen-bond donors (Lipinski definition) is 0. The largest absolute Gasteiger partial charge is 0.379 e. The molecule has 1 amide bonds. The Bertz CT molecular complexity index is 975. The first kappa shape index (κ1) is 19.2. The van der Waals surface area contributed by atoms with Gasteiger partial charge in [-0.25, -0.2) is 9.97 Å². The van der Waals surface area contributed by atoms with Crippen LogP contribution in [0.3, 0.4) is 0 Å². The summed E-state index contributed by atoms with van der Waals surface area (Å²) in [4.78, 5) is 30.1. The summed E-state index contributed by atoms with van der Waals surface area (Å²) in [5.74, 6) is -0.204. The highest BCUT2D eigenvalue weighted by Gasteiger charge is 2.24. The third-order valence-corrected chi connectivity index (χ3v) is 6.19. The van der Waals surface area contributed by atoms with Gasteiger partial charge in [0, 0.05) is 43.6 Å². The second kappa shape index (κ2) is 8.48. The maximum atomic E-state index is 13.2. The van der Waals surface area contributed by atoms with Crippen LogP contribution in [0.5, 0.6) is 0 Å². The number of anilines is 1. The summed E-state index contributed by atoms with van der Waals surface area (Å²) in [7, 11) is 0. The summed E-state index contributed by atoms with van der Waals surface area (Å²) in [5, 5.41) is 1.31. The second-order valence-corrected chi connectivity index (χ2v) is 7.93. The highest BCUT2D eigenvalue weighted by atomic mass is 35.5. The highest BCUT2D eigenvalue weighted by Crippen LogP contribution is 2.34. The Balaban J connectivity index is 1.65. The molecule has 9 heteroatoms. The van der Waals surface area contributed by atoms with Crippen LogP contribution in [0.2, 0.25) is 5.02 Å². The van der Waals surface area contributed by atoms with Crippen LogP contribution in [0, 0.1) is 6.92 Å². The molecule has 0 radical (unpaired) electrons. The molecular formula is C19H20ClN5O2S. The van der Waals surface area contributed by atoms with E-state index in [9.17, 15) is 4.79 Å². The van der Waals surface area contributed by atoms with Gasteiger partial charge in [-0.15, -0.1) is 0 Å². The van der Waals surface area contributed by atoms with E-state index in [2.05, 4.69) is 14.9 Å². The number of amides is 1. The molecule has 0 bridgehead atoms. The fourth-order valence-electron chi connectivity index (χ4n) is 3.10. The molecule has 1 fully saturated rings. The quantitative estimate of drug-likeness (QED) is 0.635. The zero-order valence-electron chi connectivity index (χ0n) is 15.5. The van der Waals surface area contributed by atoms with E-state index in [1.807, 2.05) is 19.1 Å². The van der Waals surface area contributed by atoms with Gasteiger partial charge in [0.1, 0.15) is 5.69 Å². The standard InChI is InChI=1S/C19H20ClN5O2S/c1-13-14(20)2-3-16-17(13)23-19(28-16)25(7-6-24-8-10-27-11-9-24)18(26)15-12-21-4-5-22-15/h2-5,12H,6-11H2,1H3. The van der Waals surface area contributed by atoms with Crippen molar-refractivity contribution >= 4 is 44.2 Å². The van der Waals surface area contributed by atoms with Crippen LogP contribution in [-0.2, 0) is 4.74 Å². The van der Waals surface area contributed by atoms with Crippen LogP contribution in [-0.4, -0.2) is 65.2 Å². The van der Waals surface area contributed by atoms with E-state index in [-0.39, 0.29) is 5.91 Å². The molecule has 0 saturated carbocycles. The van der Waals surface area contributed by atoms with Crippen LogP contribution in [0.15, 0.2) is 30.7 Å². The van der Waals surface area contributed by atoms with Gasteiger partial charge in [0.05, 0.1) is 29.6 Å². The minimum absolute atomic E-state index is 0.204. The van der Waals surface area contributed by atoms with Crippen molar-refractivity contribution in [2.75, 3.05) is 44.3 Å². The lowest BCUT2D eigenvalue weighted by Crippen LogP contribution is -2.43. The van der Waals surface area contributed by atoms with Crippen molar-refractivity contribution in [3.63, 3.8) is 0 Å². The normalized spacial score (nSPS) is 15.1. The van der Waals surface area contributed by atoms with Gasteiger partial charge in [-0.1, -0.05) is 22.9 Å². The third-order valence-electron chi connectivity index (χ3n) is 4.74. The number of benzene rings is 1. The van der Waals surface area contributed by atoms with Crippen LogP contribution in [0.4, 0.5) is 5.13 Å². The summed E-state index contributed by atoms with van der Waals surface area (Å²) >= 11 is 7.73. The molecule has 4 rings (SSSR count). The zero-order chi connectivity index (χ0) is 19.5. The number of fused-ring (bicyclic) bond motifs is 1. The Kier molecular flexibility index (Phi) is 5.82. The summed E-state index contributed by atoms with van der Waals surface area (Å²) in [6.07, 6.45) is 4.56. The molecule has 3 heterocycles. The first-order chi connectivity index (χ1) is 13.6. The number of ether oxygens (including phenoxy) is 1. The molecular weight excluding hydrogens is 398 g/mol. The molecule has 1 aromatic carbocycles. The monoisotopic (exact) mass is 417 g/mol. The average Bonchev–Trinajstić information content (AvgIpc) is 3.17. The zero-order valence-corrected chi connectivity index (χ0v) is 17.0. The highest BCUT2D eigenvalue weighted by molar-refractivity contribution is 7.22. The van der Waals surface area contributed by atoms with Gasteiger partial charge in [0.2, 0.25) is 0 Å². The van der Waals surface area contributed by atoms with E-state index in [0.29, 0.717) is 22.4 Å². The van der Waals surface area contributed by atoms with E-state index >= 15 is 0 Å². The van der Waals surface area contributed by atoms with E-state index in [0.717, 1.165) is 48.6 Å². The van der Waals surface area contributed by atoms with Gasteiger partial charge in [0.25, 0.3) is 5.91 Å². The molecule has 0 N–H and O–H groups in total. The van der Waals surface area contributed by atoms with Crippen molar-refractivity contribution in [3.05, 3.63) is 47.0 Å². The maximum Gasteiger partial charge on any atom is 0.280 e. The Labute approximate surface area is 171 Å². The van der Waals surface area contributed by atoms with E-state index in [1.165, 1.54) is 23.7 Å². The number of nitrogens with zero attached hydrogens (tertiary/aromatic N) is 5. The summed E-state index contributed by atoms with van der Waals surface area (Å²) in [5.41, 5.74) is 2.05. The SMILES string of the molecule is Cc1c(Cl)ccc2sc(N(CCN3CCOCC3)C(=O)c3cnccn3)nc12. The fourth-order valence-corrected chi connectivity index (χ4v) is 4.30. The third kappa shape index (κ3) is 4.00. The number of aromatic nitrogens is 3. The number of rotatable bonds is 5. The molecule has 0 aliphatic carbocycles. The van der Waals surface area contributed by atoms with Gasteiger partial charge in [-0.05, 0) is 24.6 Å². The molecule has 28 heavy (non-hydrogen) atoms. The molecule has 0 unspecified atom stereocenters. The lowest BCUT2D eigenvalue weighted by Gasteiger charge is -2.29. The van der Waals surface area contributed by atoms with E-state index in [1.54, 1.807) is 11.1 Å². The predicted molar refractivity (Wildman–Crippen MR) is 110 cm³/mol. The Hall–Kier alpha value is -2.13. The van der Waals surface area contributed by atoms with Crippen LogP contribution < -0.4 is 4.90 Å². The van der Waals surface area contributed by atoms with Gasteiger partial charge in [0.15, 0.2) is 5.13 Å². The van der Waals surface area contributed by atoms with Gasteiger partial charge in [-0.3, -0.25) is 19.6 Å². The minimum atomic E-state index is -0.204. The number of morpholine rings is 1. The molecule has 1 saturated heterocycles. The van der Waals surface area contributed by atoms with Crippen LogP contribution >= 0.6 is 22.9 Å². The van der Waals surface area contributed by atoms with Crippen LogP contribution in [0.1, 0.15) is 16.1 Å². The number of hydrogen-bond acceptors (Lipinski definition) is 7. The molecule has 7 nitrogen and oxygen atoms in total. The predicted octanol–water partition coefficient (Wildman–Crippen LogP) is 3.03. The molecule has 146 valence electrons. The van der Waals surface area contributed by atoms with Gasteiger partial charge in [-0.2, -0.15) is 0 Å². The molecule has 0 spiro atoms. The second-order valence-electron chi connectivity index (χ2n) is 6.52. The fraction of sp³-hybridized carbons (Fsp3) is 0.368. The Morgan fingerprint density at radius 3 is 2.89 bits per heavy atom. The molecule has 3 aromatic rings. The number of halogens is 1. The number of carbonyl (C=O) groups excluding carboxylic acids is 1. The first-order valence-electron chi connectivity index (χ1n) is 9.07. The molecule has 1 aliphatic rings. The van der Waals surface area contributed by atoms with Crippen LogP contribution in [0.25, 0.3) is 10.2 Å². The molecule has 1 aliphatic heterocycles. The molecule has 0 atom stereocenters. The van der Waals surface area contributed by atoms with Gasteiger partial charge < -0.3 is 4.74 Å². The smallest absolute Gasteiger partial charge is 0.280 e. The van der Waals surface area contributed by atoms with Crippen molar-refractivity contribution in [3.8, 4) is 0 Å². The van der Waals surface area contributed by atoms with E-state index in [4.69, 9.17) is 21.3 Å². The lowest BCUT2D eigenvalue weighted by atomic mass is 10.2. The summed E-state index contributed by atoms with van der Waals surface area (Å²) in [6, 6.07) is 3.81. The Morgan fingerprint density at radius 1 is 1.32 bits per heavy atom. The minimum Gasteiger partial charge on any atom is -0.379 e. The van der Waals surface area contributed by atoms with Gasteiger partial charge >= 0.3 is 0 Å². The number of thiazole rings is 1. The maximum absolute atomic E-state index is 13.2. The first-order valence-corrected chi connectivity index (χ1v) is 10.3. The number of carbonyl (C=O) groups is 1. The van der Waals surface area contributed by atoms with E-state index < -0.39 is 0 Å². The molecule has 2 aromatic heterocycles. The van der Waals surface area contributed by atoms with Crippen molar-refractivity contribution in [1.82, 2.24) is 19.9 Å². The van der Waals surface area contributed by atoms with Crippen molar-refractivity contribution in [2.24, 2.45) is 0 Å². The lowest BCUT2D eigenvalue weighted by molar-refractivity contribution is 0.0391. The summed E-state index contributed by atoms with van der Waals surface area (Å²) < 4.78 is 6.41. The topological polar surface area (TPSA) is 71.5 Å². The summed E-state index contributed by atoms with van der Waals surface area (Å²) in [6.45, 7) is 6.36. The van der Waals surface area contributed by atoms with Crippen molar-refractivity contribution < 1.29 is 9.53 Å².